The van der Waals surface area contributed by atoms with E-state index in [1.165, 1.54) is 12.0 Å². The molecule has 4 rings (SSSR count). The number of carbonyl (C=O) groups is 2. The molecule has 3 aromatic rings. The second-order valence-electron chi connectivity index (χ2n) is 7.43. The summed E-state index contributed by atoms with van der Waals surface area (Å²) in [5, 5.41) is 11.1. The van der Waals surface area contributed by atoms with Crippen molar-refractivity contribution in [3.05, 3.63) is 101 Å². The standard InChI is InChI=1S/C25H22N2O4/c1-16-8-10-18(11-9-16)22-21(23(28)19-6-3-7-20(13-19)31-2)24(29)25(30)27(22)15-17-5-4-12-26-14-17/h3-14,22,28H,15H2,1-2H3/t22-/m0/s1. The van der Waals surface area contributed by atoms with Crippen molar-refractivity contribution < 1.29 is 19.4 Å². The van der Waals surface area contributed by atoms with Gasteiger partial charge >= 0.3 is 0 Å². The molecule has 1 atom stereocenters. The van der Waals surface area contributed by atoms with Crippen LogP contribution >= 0.6 is 0 Å². The number of methoxy groups -OCH3 is 1. The number of aliphatic hydroxyl groups excluding tert-OH is 1. The zero-order chi connectivity index (χ0) is 22.0. The maximum absolute atomic E-state index is 13.1. The molecule has 2 aromatic carbocycles. The normalized spacial score (nSPS) is 17.7. The van der Waals surface area contributed by atoms with E-state index in [1.54, 1.807) is 42.7 Å². The molecular weight excluding hydrogens is 392 g/mol. The molecule has 0 unspecified atom stereocenters. The average molecular weight is 414 g/mol. The number of nitrogens with zero attached hydrogens (tertiary/aromatic N) is 2. The number of rotatable bonds is 5. The van der Waals surface area contributed by atoms with E-state index >= 15 is 0 Å². The summed E-state index contributed by atoms with van der Waals surface area (Å²) >= 11 is 0. The highest BCUT2D eigenvalue weighted by atomic mass is 16.5. The molecule has 1 N–H and O–H groups in total. The maximum Gasteiger partial charge on any atom is 0.295 e. The summed E-state index contributed by atoms with van der Waals surface area (Å²) in [5.74, 6) is -1.05. The lowest BCUT2D eigenvalue weighted by molar-refractivity contribution is -0.140. The first kappa shape index (κ1) is 20.3. The Bertz CT molecular complexity index is 1150. The van der Waals surface area contributed by atoms with Crippen molar-refractivity contribution in [1.82, 2.24) is 9.88 Å². The summed E-state index contributed by atoms with van der Waals surface area (Å²) in [6.07, 6.45) is 3.31. The van der Waals surface area contributed by atoms with Gasteiger partial charge in [-0.15, -0.1) is 0 Å². The lowest BCUT2D eigenvalue weighted by Crippen LogP contribution is -2.29. The predicted molar refractivity (Wildman–Crippen MR) is 116 cm³/mol. The van der Waals surface area contributed by atoms with Crippen LogP contribution in [0.4, 0.5) is 0 Å². The summed E-state index contributed by atoms with van der Waals surface area (Å²) in [6.45, 7) is 2.17. The molecule has 6 nitrogen and oxygen atoms in total. The second kappa shape index (κ2) is 8.44. The van der Waals surface area contributed by atoms with E-state index in [4.69, 9.17) is 4.74 Å². The maximum atomic E-state index is 13.1. The fourth-order valence-electron chi connectivity index (χ4n) is 3.75. The number of ketones is 1. The van der Waals surface area contributed by atoms with Gasteiger partial charge in [0.1, 0.15) is 11.5 Å². The molecule has 0 saturated carbocycles. The van der Waals surface area contributed by atoms with Crippen LogP contribution in [0.15, 0.2) is 78.6 Å². The van der Waals surface area contributed by atoms with Gasteiger partial charge in [0.2, 0.25) is 0 Å². The van der Waals surface area contributed by atoms with E-state index in [9.17, 15) is 14.7 Å². The molecular formula is C25H22N2O4. The number of amides is 1. The van der Waals surface area contributed by atoms with E-state index in [1.807, 2.05) is 37.3 Å². The van der Waals surface area contributed by atoms with Gasteiger partial charge in [0.05, 0.1) is 18.7 Å². The van der Waals surface area contributed by atoms with Crippen molar-refractivity contribution in [2.45, 2.75) is 19.5 Å². The van der Waals surface area contributed by atoms with Crippen LogP contribution < -0.4 is 4.74 Å². The SMILES string of the molecule is COc1cccc(C(O)=C2C(=O)C(=O)N(Cc3cccnc3)[C@H]2c2ccc(C)cc2)c1. The largest absolute Gasteiger partial charge is 0.507 e. The lowest BCUT2D eigenvalue weighted by Gasteiger charge is -2.25. The van der Waals surface area contributed by atoms with Gasteiger partial charge in [0.25, 0.3) is 11.7 Å². The van der Waals surface area contributed by atoms with Gasteiger partial charge in [0.15, 0.2) is 0 Å². The number of Topliss-reactive ketones (excluding diaryl/α,β-unsaturated/α-hetero) is 1. The Morgan fingerprint density at radius 2 is 1.87 bits per heavy atom. The molecule has 156 valence electrons. The first-order valence-corrected chi connectivity index (χ1v) is 9.88. The highest BCUT2D eigenvalue weighted by molar-refractivity contribution is 6.46. The van der Waals surface area contributed by atoms with Gasteiger partial charge in [-0.1, -0.05) is 48.0 Å². The van der Waals surface area contributed by atoms with Crippen molar-refractivity contribution in [1.29, 1.82) is 0 Å². The second-order valence-corrected chi connectivity index (χ2v) is 7.43. The van der Waals surface area contributed by atoms with Crippen LogP contribution in [0, 0.1) is 6.92 Å². The summed E-state index contributed by atoms with van der Waals surface area (Å²) in [7, 11) is 1.53. The van der Waals surface area contributed by atoms with E-state index in [0.29, 0.717) is 11.3 Å². The summed E-state index contributed by atoms with van der Waals surface area (Å²) in [6, 6.07) is 17.3. The third-order valence-corrected chi connectivity index (χ3v) is 5.35. The van der Waals surface area contributed by atoms with Gasteiger partial charge in [-0.25, -0.2) is 0 Å². The molecule has 1 amide bonds. The third kappa shape index (κ3) is 3.92. The van der Waals surface area contributed by atoms with Gasteiger partial charge in [0, 0.05) is 24.5 Å². The van der Waals surface area contributed by atoms with Gasteiger partial charge in [-0.05, 0) is 36.2 Å². The molecule has 0 aliphatic carbocycles. The molecule has 6 heteroatoms. The number of benzene rings is 2. The molecule has 1 aliphatic heterocycles. The smallest absolute Gasteiger partial charge is 0.295 e. The molecule has 1 aromatic heterocycles. The number of carbonyl (C=O) groups excluding carboxylic acids is 2. The molecule has 1 fully saturated rings. The Hall–Kier alpha value is -3.93. The lowest BCUT2D eigenvalue weighted by atomic mass is 9.94. The highest BCUT2D eigenvalue weighted by Gasteiger charge is 2.46. The number of aromatic nitrogens is 1. The Labute approximate surface area is 180 Å². The summed E-state index contributed by atoms with van der Waals surface area (Å²) in [4.78, 5) is 31.7. The van der Waals surface area contributed by atoms with Crippen molar-refractivity contribution in [2.24, 2.45) is 0 Å². The number of aryl methyl sites for hydroxylation is 1. The Kier molecular flexibility index (Phi) is 5.54. The van der Waals surface area contributed by atoms with Crippen LogP contribution in [0.25, 0.3) is 5.76 Å². The molecule has 1 saturated heterocycles. The Balaban J connectivity index is 1.86. The monoisotopic (exact) mass is 414 g/mol. The third-order valence-electron chi connectivity index (χ3n) is 5.35. The zero-order valence-corrected chi connectivity index (χ0v) is 17.3. The van der Waals surface area contributed by atoms with Crippen molar-refractivity contribution in [3.63, 3.8) is 0 Å². The van der Waals surface area contributed by atoms with E-state index in [0.717, 1.165) is 16.7 Å². The van der Waals surface area contributed by atoms with Crippen molar-refractivity contribution >= 4 is 17.4 Å². The highest BCUT2D eigenvalue weighted by Crippen LogP contribution is 2.40. The summed E-state index contributed by atoms with van der Waals surface area (Å²) in [5.41, 5.74) is 3.07. The Morgan fingerprint density at radius 1 is 1.10 bits per heavy atom. The molecule has 1 aliphatic rings. The van der Waals surface area contributed by atoms with Gasteiger partial charge in [-0.2, -0.15) is 0 Å². The molecule has 0 radical (unpaired) electrons. The molecule has 0 bridgehead atoms. The minimum atomic E-state index is -0.716. The van der Waals surface area contributed by atoms with Crippen LogP contribution in [0.5, 0.6) is 5.75 Å². The quantitative estimate of drug-likeness (QED) is 0.388. The zero-order valence-electron chi connectivity index (χ0n) is 17.3. The fourth-order valence-corrected chi connectivity index (χ4v) is 3.75. The summed E-state index contributed by atoms with van der Waals surface area (Å²) < 4.78 is 5.24. The topological polar surface area (TPSA) is 79.7 Å². The number of likely N-dealkylation sites (tertiary alicyclic amines) is 1. The van der Waals surface area contributed by atoms with Crippen LogP contribution in [0.2, 0.25) is 0 Å². The minimum Gasteiger partial charge on any atom is -0.507 e. The van der Waals surface area contributed by atoms with E-state index in [2.05, 4.69) is 4.98 Å². The number of hydrogen-bond donors (Lipinski definition) is 1. The van der Waals surface area contributed by atoms with Crippen molar-refractivity contribution in [3.8, 4) is 5.75 Å². The van der Waals surface area contributed by atoms with E-state index < -0.39 is 17.7 Å². The minimum absolute atomic E-state index is 0.0611. The number of hydrogen-bond acceptors (Lipinski definition) is 5. The Morgan fingerprint density at radius 3 is 2.55 bits per heavy atom. The van der Waals surface area contributed by atoms with E-state index in [-0.39, 0.29) is 17.9 Å². The number of ether oxygens (including phenoxy) is 1. The first-order valence-electron chi connectivity index (χ1n) is 9.88. The average Bonchev–Trinajstić information content (AvgIpc) is 3.05. The fraction of sp³-hybridized carbons (Fsp3) is 0.160. The number of pyridine rings is 1. The molecule has 31 heavy (non-hydrogen) atoms. The van der Waals surface area contributed by atoms with Crippen LogP contribution in [-0.4, -0.2) is 33.8 Å². The van der Waals surface area contributed by atoms with Crippen LogP contribution in [0.1, 0.15) is 28.3 Å². The number of aliphatic hydroxyl groups is 1. The predicted octanol–water partition coefficient (Wildman–Crippen LogP) is 4.02. The van der Waals surface area contributed by atoms with Crippen LogP contribution in [-0.2, 0) is 16.1 Å². The van der Waals surface area contributed by atoms with Crippen LogP contribution in [0.3, 0.4) is 0 Å². The molecule has 0 spiro atoms. The molecule has 2 heterocycles. The van der Waals surface area contributed by atoms with Gasteiger partial charge in [-0.3, -0.25) is 14.6 Å². The first-order chi connectivity index (χ1) is 15.0. The van der Waals surface area contributed by atoms with Gasteiger partial charge < -0.3 is 14.7 Å². The van der Waals surface area contributed by atoms with Crippen molar-refractivity contribution in [2.75, 3.05) is 7.11 Å².